The molecule has 1 aromatic heterocycles. The van der Waals surface area contributed by atoms with E-state index in [2.05, 4.69) is 10.3 Å². The van der Waals surface area contributed by atoms with Gasteiger partial charge >= 0.3 is 0 Å². The van der Waals surface area contributed by atoms with Crippen molar-refractivity contribution in [2.45, 2.75) is 0 Å². The summed E-state index contributed by atoms with van der Waals surface area (Å²) < 4.78 is 0.895. The van der Waals surface area contributed by atoms with Crippen LogP contribution in [0, 0.1) is 0 Å². The van der Waals surface area contributed by atoms with Crippen LogP contribution in [-0.2, 0) is 0 Å². The Hall–Kier alpha value is -2.11. The van der Waals surface area contributed by atoms with Crippen LogP contribution in [-0.4, -0.2) is 10.9 Å². The maximum absolute atomic E-state index is 12.2. The lowest BCUT2D eigenvalue weighted by atomic mass is 10.2. The fourth-order valence-electron chi connectivity index (χ4n) is 1.82. The van der Waals surface area contributed by atoms with Gasteiger partial charge in [0.05, 0.1) is 10.2 Å². The van der Waals surface area contributed by atoms with Crippen LogP contribution in [0.3, 0.4) is 0 Å². The zero-order chi connectivity index (χ0) is 14.1. The van der Waals surface area contributed by atoms with Gasteiger partial charge in [0.2, 0.25) is 0 Å². The monoisotopic (exact) mass is 303 g/mol. The molecule has 1 heterocycles. The third-order valence-corrected chi connectivity index (χ3v) is 3.87. The lowest BCUT2D eigenvalue weighted by molar-refractivity contribution is 0.102. The molecule has 3 rings (SSSR count). The summed E-state index contributed by atoms with van der Waals surface area (Å²) in [6.07, 6.45) is 0. The summed E-state index contributed by atoms with van der Waals surface area (Å²) in [4.78, 5) is 16.3. The normalized spacial score (nSPS) is 10.7. The molecule has 6 heteroatoms. The molecule has 1 amide bonds. The quantitative estimate of drug-likeness (QED) is 0.757. The number of benzene rings is 2. The Morgan fingerprint density at radius 2 is 1.95 bits per heavy atom. The number of nitrogens with zero attached hydrogens (tertiary/aromatic N) is 1. The summed E-state index contributed by atoms with van der Waals surface area (Å²) in [6, 6.07) is 12.3. The van der Waals surface area contributed by atoms with Crippen LogP contribution in [0.5, 0.6) is 0 Å². The third kappa shape index (κ3) is 2.59. The minimum absolute atomic E-state index is 0.179. The number of halogens is 1. The van der Waals surface area contributed by atoms with Crippen LogP contribution in [0.2, 0.25) is 5.02 Å². The van der Waals surface area contributed by atoms with Crippen LogP contribution in [0.25, 0.3) is 10.2 Å². The molecule has 0 fully saturated rings. The van der Waals surface area contributed by atoms with E-state index < -0.39 is 0 Å². The van der Waals surface area contributed by atoms with Gasteiger partial charge in [0.25, 0.3) is 5.91 Å². The van der Waals surface area contributed by atoms with Crippen LogP contribution in [0.4, 0.5) is 10.8 Å². The van der Waals surface area contributed by atoms with Crippen molar-refractivity contribution in [1.82, 2.24) is 4.98 Å². The second kappa shape index (κ2) is 5.11. The Balaban J connectivity index is 1.86. The molecular weight excluding hydrogens is 294 g/mol. The van der Waals surface area contributed by atoms with E-state index in [9.17, 15) is 4.79 Å². The van der Waals surface area contributed by atoms with Gasteiger partial charge in [0, 0.05) is 16.3 Å². The smallest absolute Gasteiger partial charge is 0.255 e. The minimum Gasteiger partial charge on any atom is -0.375 e. The van der Waals surface area contributed by atoms with Crippen molar-refractivity contribution >= 4 is 49.9 Å². The van der Waals surface area contributed by atoms with Gasteiger partial charge in [-0.1, -0.05) is 22.9 Å². The largest absolute Gasteiger partial charge is 0.375 e. The fourth-order valence-corrected chi connectivity index (χ4v) is 2.72. The Morgan fingerprint density at radius 3 is 2.70 bits per heavy atom. The number of anilines is 2. The molecule has 2 aromatic carbocycles. The van der Waals surface area contributed by atoms with Crippen molar-refractivity contribution in [3.63, 3.8) is 0 Å². The van der Waals surface area contributed by atoms with Crippen LogP contribution >= 0.6 is 22.9 Å². The number of nitrogens with one attached hydrogen (secondary N) is 1. The number of aromatic nitrogens is 1. The van der Waals surface area contributed by atoms with Crippen molar-refractivity contribution in [2.75, 3.05) is 11.1 Å². The van der Waals surface area contributed by atoms with Gasteiger partial charge in [-0.05, 0) is 42.5 Å². The number of amides is 1. The van der Waals surface area contributed by atoms with Gasteiger partial charge in [-0.2, -0.15) is 0 Å². The molecule has 0 spiro atoms. The van der Waals surface area contributed by atoms with E-state index in [1.807, 2.05) is 0 Å². The number of hydrogen-bond acceptors (Lipinski definition) is 4. The zero-order valence-electron chi connectivity index (χ0n) is 10.3. The Labute approximate surface area is 124 Å². The van der Waals surface area contributed by atoms with E-state index in [1.54, 1.807) is 42.5 Å². The molecule has 4 nitrogen and oxygen atoms in total. The molecule has 0 atom stereocenters. The molecule has 0 bridgehead atoms. The van der Waals surface area contributed by atoms with E-state index in [0.717, 1.165) is 10.2 Å². The van der Waals surface area contributed by atoms with Gasteiger partial charge in [-0.25, -0.2) is 4.98 Å². The van der Waals surface area contributed by atoms with Gasteiger partial charge in [-0.15, -0.1) is 0 Å². The number of rotatable bonds is 2. The average molecular weight is 304 g/mol. The zero-order valence-corrected chi connectivity index (χ0v) is 11.8. The minimum atomic E-state index is -0.179. The SMILES string of the molecule is Nc1nc2ccc(C(=O)Nc3ccc(Cl)cc3)cc2s1. The molecule has 0 radical (unpaired) electrons. The number of nitrogen functional groups attached to an aromatic ring is 1. The van der Waals surface area contributed by atoms with Gasteiger partial charge < -0.3 is 11.1 Å². The molecule has 0 saturated heterocycles. The highest BCUT2D eigenvalue weighted by atomic mass is 35.5. The van der Waals surface area contributed by atoms with Crippen molar-refractivity contribution in [3.8, 4) is 0 Å². The number of carbonyl (C=O) groups excluding carboxylic acids is 1. The first kappa shape index (κ1) is 12.9. The number of nitrogens with two attached hydrogens (primary N) is 1. The van der Waals surface area contributed by atoms with Gasteiger partial charge in [0.1, 0.15) is 0 Å². The molecule has 100 valence electrons. The molecule has 0 unspecified atom stereocenters. The lowest BCUT2D eigenvalue weighted by Crippen LogP contribution is -2.11. The molecule has 3 N–H and O–H groups in total. The van der Waals surface area contributed by atoms with Crippen LogP contribution in [0.1, 0.15) is 10.4 Å². The van der Waals surface area contributed by atoms with Crippen molar-refractivity contribution in [2.24, 2.45) is 0 Å². The summed E-state index contributed by atoms with van der Waals surface area (Å²) in [5.41, 5.74) is 7.71. The standard InChI is InChI=1S/C14H10ClN3OS/c15-9-2-4-10(5-3-9)17-13(19)8-1-6-11-12(7-8)20-14(16)18-11/h1-7H,(H2,16,18)(H,17,19). The first-order valence-electron chi connectivity index (χ1n) is 5.85. The summed E-state index contributed by atoms with van der Waals surface area (Å²) in [5, 5.41) is 3.94. The number of hydrogen-bond donors (Lipinski definition) is 2. The van der Waals surface area contributed by atoms with E-state index in [0.29, 0.717) is 21.4 Å². The Bertz CT molecular complexity index is 783. The van der Waals surface area contributed by atoms with Crippen molar-refractivity contribution < 1.29 is 4.79 Å². The topological polar surface area (TPSA) is 68.0 Å². The second-order valence-electron chi connectivity index (χ2n) is 4.20. The van der Waals surface area contributed by atoms with E-state index in [4.69, 9.17) is 17.3 Å². The first-order chi connectivity index (χ1) is 9.61. The number of thiazole rings is 1. The molecular formula is C14H10ClN3OS. The van der Waals surface area contributed by atoms with E-state index >= 15 is 0 Å². The third-order valence-electron chi connectivity index (χ3n) is 2.77. The predicted molar refractivity (Wildman–Crippen MR) is 83.4 cm³/mol. The molecule has 3 aromatic rings. The molecule has 0 saturated carbocycles. The second-order valence-corrected chi connectivity index (χ2v) is 5.69. The molecule has 0 aliphatic carbocycles. The average Bonchev–Trinajstić information content (AvgIpc) is 2.80. The molecule has 0 aliphatic heterocycles. The molecule has 0 aliphatic rings. The highest BCUT2D eigenvalue weighted by molar-refractivity contribution is 7.22. The van der Waals surface area contributed by atoms with Gasteiger partial charge in [-0.3, -0.25) is 4.79 Å². The molecule has 20 heavy (non-hydrogen) atoms. The number of carbonyl (C=O) groups is 1. The maximum Gasteiger partial charge on any atom is 0.255 e. The van der Waals surface area contributed by atoms with Crippen molar-refractivity contribution in [1.29, 1.82) is 0 Å². The highest BCUT2D eigenvalue weighted by Gasteiger charge is 2.09. The van der Waals surface area contributed by atoms with E-state index in [-0.39, 0.29) is 5.91 Å². The predicted octanol–water partition coefficient (Wildman–Crippen LogP) is 3.78. The van der Waals surface area contributed by atoms with Crippen LogP contribution in [0.15, 0.2) is 42.5 Å². The Kier molecular flexibility index (Phi) is 3.30. The highest BCUT2D eigenvalue weighted by Crippen LogP contribution is 2.25. The van der Waals surface area contributed by atoms with E-state index in [1.165, 1.54) is 11.3 Å². The van der Waals surface area contributed by atoms with Crippen LogP contribution < -0.4 is 11.1 Å². The fraction of sp³-hybridized carbons (Fsp3) is 0. The summed E-state index contributed by atoms with van der Waals surface area (Å²) >= 11 is 7.16. The lowest BCUT2D eigenvalue weighted by Gasteiger charge is -2.05. The summed E-state index contributed by atoms with van der Waals surface area (Å²) in [6.45, 7) is 0. The van der Waals surface area contributed by atoms with Crippen molar-refractivity contribution in [3.05, 3.63) is 53.1 Å². The number of fused-ring (bicyclic) bond motifs is 1. The summed E-state index contributed by atoms with van der Waals surface area (Å²) in [5.74, 6) is -0.179. The maximum atomic E-state index is 12.2. The van der Waals surface area contributed by atoms with Gasteiger partial charge in [0.15, 0.2) is 5.13 Å². The summed E-state index contributed by atoms with van der Waals surface area (Å²) in [7, 11) is 0. The Morgan fingerprint density at radius 1 is 1.20 bits per heavy atom. The first-order valence-corrected chi connectivity index (χ1v) is 7.04.